The van der Waals surface area contributed by atoms with Crippen LogP contribution in [0, 0.1) is 17.5 Å². The van der Waals surface area contributed by atoms with Crippen LogP contribution in [0.5, 0.6) is 5.75 Å². The van der Waals surface area contributed by atoms with E-state index in [4.69, 9.17) is 4.74 Å². The maximum atomic E-state index is 14.8. The van der Waals surface area contributed by atoms with Crippen molar-refractivity contribution in [2.45, 2.75) is 31.4 Å². The van der Waals surface area contributed by atoms with Gasteiger partial charge in [-0.2, -0.15) is 0 Å². The van der Waals surface area contributed by atoms with E-state index < -0.39 is 35.7 Å². The van der Waals surface area contributed by atoms with Crippen molar-refractivity contribution in [3.05, 3.63) is 59.2 Å². The molecule has 1 aromatic heterocycles. The minimum Gasteiger partial charge on any atom is -0.406 e. The number of alkyl halides is 3. The third kappa shape index (κ3) is 4.99. The van der Waals surface area contributed by atoms with Gasteiger partial charge >= 0.3 is 6.36 Å². The minimum absolute atomic E-state index is 0.00647. The topological polar surface area (TPSA) is 50.4 Å². The molecule has 0 bridgehead atoms. The van der Waals surface area contributed by atoms with Crippen molar-refractivity contribution in [3.8, 4) is 5.75 Å². The molecule has 2 heterocycles. The Balaban J connectivity index is 1.75. The fraction of sp³-hybridized carbons (Fsp3) is 0.381. The number of ether oxygens (including phenoxy) is 2. The fourth-order valence-electron chi connectivity index (χ4n) is 3.67. The Morgan fingerprint density at radius 3 is 2.41 bits per heavy atom. The van der Waals surface area contributed by atoms with Crippen LogP contribution >= 0.6 is 0 Å². The highest BCUT2D eigenvalue weighted by atomic mass is 19.4. The summed E-state index contributed by atoms with van der Waals surface area (Å²) in [6.45, 7) is 1.43. The van der Waals surface area contributed by atoms with Gasteiger partial charge in [-0.3, -0.25) is 0 Å². The second kappa shape index (κ2) is 8.62. The first-order chi connectivity index (χ1) is 15.1. The second-order valence-corrected chi connectivity index (χ2v) is 7.66. The summed E-state index contributed by atoms with van der Waals surface area (Å²) in [5.41, 5.74) is -0.0383. The first-order valence-electron chi connectivity index (χ1n) is 9.83. The van der Waals surface area contributed by atoms with Gasteiger partial charge in [-0.05, 0) is 38.1 Å². The third-order valence-electron chi connectivity index (χ3n) is 5.27. The summed E-state index contributed by atoms with van der Waals surface area (Å²) in [6, 6.07) is 4.34. The lowest BCUT2D eigenvalue weighted by molar-refractivity contribution is -0.274. The molecule has 0 saturated carbocycles. The molecule has 1 saturated heterocycles. The van der Waals surface area contributed by atoms with Gasteiger partial charge in [0.1, 0.15) is 23.5 Å². The van der Waals surface area contributed by atoms with Crippen LogP contribution in [0.15, 0.2) is 30.3 Å². The average molecular weight is 459 g/mol. The maximum Gasteiger partial charge on any atom is 0.573 e. The van der Waals surface area contributed by atoms with Crippen LogP contribution < -0.4 is 4.74 Å². The van der Waals surface area contributed by atoms with Gasteiger partial charge in [0, 0.05) is 30.8 Å². The number of aromatic nitrogens is 2. The van der Waals surface area contributed by atoms with Crippen LogP contribution in [0.4, 0.5) is 26.3 Å². The van der Waals surface area contributed by atoms with E-state index in [1.165, 1.54) is 0 Å². The predicted molar refractivity (Wildman–Crippen MR) is 103 cm³/mol. The largest absolute Gasteiger partial charge is 0.573 e. The second-order valence-electron chi connectivity index (χ2n) is 7.66. The van der Waals surface area contributed by atoms with Gasteiger partial charge in [-0.15, -0.1) is 13.2 Å². The Kier molecular flexibility index (Phi) is 6.04. The molecule has 2 aromatic carbocycles. The van der Waals surface area contributed by atoms with E-state index in [2.05, 4.69) is 19.6 Å². The molecule has 1 fully saturated rings. The zero-order valence-corrected chi connectivity index (χ0v) is 16.8. The summed E-state index contributed by atoms with van der Waals surface area (Å²) in [5.74, 6) is -3.68. The molecule has 1 unspecified atom stereocenters. The summed E-state index contributed by atoms with van der Waals surface area (Å²) in [5, 5.41) is 0. The smallest absolute Gasteiger partial charge is 0.406 e. The van der Waals surface area contributed by atoms with Crippen molar-refractivity contribution in [2.75, 3.05) is 20.1 Å². The van der Waals surface area contributed by atoms with E-state index >= 15 is 0 Å². The number of aromatic amines is 1. The van der Waals surface area contributed by atoms with Crippen LogP contribution in [0.2, 0.25) is 0 Å². The molecule has 0 spiro atoms. The number of hydrogen-bond acceptors (Lipinski definition) is 4. The monoisotopic (exact) mass is 459 g/mol. The van der Waals surface area contributed by atoms with E-state index in [1.54, 1.807) is 0 Å². The lowest BCUT2D eigenvalue weighted by Crippen LogP contribution is -2.35. The summed E-state index contributed by atoms with van der Waals surface area (Å²) in [6.07, 6.45) is -5.33. The maximum absolute atomic E-state index is 14.8. The van der Waals surface area contributed by atoms with E-state index in [-0.39, 0.29) is 28.5 Å². The first-order valence-corrected chi connectivity index (χ1v) is 9.83. The van der Waals surface area contributed by atoms with Gasteiger partial charge in [0.05, 0.1) is 17.1 Å². The summed E-state index contributed by atoms with van der Waals surface area (Å²) < 4.78 is 90.0. The van der Waals surface area contributed by atoms with E-state index in [9.17, 15) is 26.3 Å². The zero-order valence-electron chi connectivity index (χ0n) is 16.8. The third-order valence-corrected chi connectivity index (χ3v) is 5.27. The van der Waals surface area contributed by atoms with Crippen LogP contribution in [-0.2, 0) is 4.74 Å². The first kappa shape index (κ1) is 22.4. The molecular weight excluding hydrogens is 440 g/mol. The molecule has 1 aliphatic heterocycles. The Morgan fingerprint density at radius 2 is 1.72 bits per heavy atom. The molecule has 11 heteroatoms. The highest BCUT2D eigenvalue weighted by molar-refractivity contribution is 5.75. The van der Waals surface area contributed by atoms with Crippen LogP contribution in [0.3, 0.4) is 0 Å². The number of imidazole rings is 1. The number of H-pyrrole nitrogens is 1. The lowest BCUT2D eigenvalue weighted by Gasteiger charge is -2.31. The predicted octanol–water partition coefficient (Wildman–Crippen LogP) is 5.08. The zero-order chi connectivity index (χ0) is 23.0. The number of halogens is 6. The number of nitrogens with one attached hydrogen (secondary N) is 1. The van der Waals surface area contributed by atoms with Gasteiger partial charge < -0.3 is 19.4 Å². The highest BCUT2D eigenvalue weighted by Gasteiger charge is 2.33. The van der Waals surface area contributed by atoms with E-state index in [0.717, 1.165) is 30.3 Å². The standard InChI is InChI=1S/C21H19F6N3O2/c1-30-6-4-11(5-7-30)31-19(13-8-12(2-3-14(13)22)32-21(25,26)27)20-28-17-9-15(23)16(24)10-18(17)29-20/h2-3,8-11,19H,4-7H2,1H3,(H,28,29). The number of rotatable bonds is 5. The number of nitrogens with zero attached hydrogens (tertiary/aromatic N) is 2. The van der Waals surface area contributed by atoms with Crippen molar-refractivity contribution in [1.82, 2.24) is 14.9 Å². The Hall–Kier alpha value is -2.79. The molecule has 32 heavy (non-hydrogen) atoms. The molecule has 1 N–H and O–H groups in total. The molecule has 5 nitrogen and oxygen atoms in total. The normalized spacial score (nSPS) is 17.1. The fourth-order valence-corrected chi connectivity index (χ4v) is 3.67. The summed E-state index contributed by atoms with van der Waals surface area (Å²) >= 11 is 0. The molecule has 4 rings (SSSR count). The number of likely N-dealkylation sites (tertiary alicyclic amines) is 1. The van der Waals surface area contributed by atoms with Crippen LogP contribution in [0.1, 0.15) is 30.3 Å². The van der Waals surface area contributed by atoms with Crippen molar-refractivity contribution in [3.63, 3.8) is 0 Å². The Bertz CT molecular complexity index is 1070. The van der Waals surface area contributed by atoms with Gasteiger partial charge in [0.2, 0.25) is 0 Å². The minimum atomic E-state index is -4.96. The van der Waals surface area contributed by atoms with Crippen LogP contribution in [-0.4, -0.2) is 47.5 Å². The molecule has 1 aliphatic rings. The van der Waals surface area contributed by atoms with E-state index in [0.29, 0.717) is 25.9 Å². The van der Waals surface area contributed by atoms with Crippen molar-refractivity contribution < 1.29 is 35.8 Å². The number of hydrogen-bond donors (Lipinski definition) is 1. The molecule has 0 radical (unpaired) electrons. The quantitative estimate of drug-likeness (QED) is 0.541. The molecule has 0 amide bonds. The number of benzene rings is 2. The summed E-state index contributed by atoms with van der Waals surface area (Å²) in [7, 11) is 1.94. The van der Waals surface area contributed by atoms with Crippen molar-refractivity contribution >= 4 is 11.0 Å². The number of fused-ring (bicyclic) bond motifs is 1. The van der Waals surface area contributed by atoms with Gasteiger partial charge in [-0.25, -0.2) is 18.2 Å². The highest BCUT2D eigenvalue weighted by Crippen LogP contribution is 2.34. The van der Waals surface area contributed by atoms with E-state index in [1.807, 2.05) is 7.05 Å². The summed E-state index contributed by atoms with van der Waals surface area (Å²) in [4.78, 5) is 9.05. The Morgan fingerprint density at radius 1 is 1.03 bits per heavy atom. The average Bonchev–Trinajstić information content (AvgIpc) is 3.11. The SMILES string of the molecule is CN1CCC(OC(c2nc3cc(F)c(F)cc3[nH]2)c2cc(OC(F)(F)F)ccc2F)CC1. The molecule has 0 aliphatic carbocycles. The number of piperidine rings is 1. The molecule has 172 valence electrons. The van der Waals surface area contributed by atoms with Gasteiger partial charge in [0.15, 0.2) is 11.6 Å². The lowest BCUT2D eigenvalue weighted by atomic mass is 10.0. The van der Waals surface area contributed by atoms with Crippen molar-refractivity contribution in [2.24, 2.45) is 0 Å². The van der Waals surface area contributed by atoms with Crippen LogP contribution in [0.25, 0.3) is 11.0 Å². The Labute approximate surface area is 178 Å². The molecule has 3 aromatic rings. The molecular formula is C21H19F6N3O2. The molecule has 1 atom stereocenters. The van der Waals surface area contributed by atoms with Gasteiger partial charge in [0.25, 0.3) is 0 Å². The van der Waals surface area contributed by atoms with Gasteiger partial charge in [-0.1, -0.05) is 0 Å². The van der Waals surface area contributed by atoms with Crippen molar-refractivity contribution in [1.29, 1.82) is 0 Å².